The molecular formula is C21H22N2O5S. The third-order valence-corrected chi connectivity index (χ3v) is 6.83. The first-order valence-corrected chi connectivity index (χ1v) is 10.7. The lowest BCUT2D eigenvalue weighted by atomic mass is 9.87. The number of rotatable bonds is 3. The molecule has 1 saturated heterocycles. The van der Waals surface area contributed by atoms with Crippen LogP contribution >= 0.6 is 11.3 Å². The van der Waals surface area contributed by atoms with E-state index in [1.165, 1.54) is 4.88 Å². The Morgan fingerprint density at radius 1 is 1.10 bits per heavy atom. The molecule has 2 amide bonds. The summed E-state index contributed by atoms with van der Waals surface area (Å²) in [6.07, 6.45) is 2.28. The normalized spacial score (nSPS) is 20.3. The minimum atomic E-state index is -0.103. The lowest BCUT2D eigenvalue weighted by Crippen LogP contribution is -2.40. The van der Waals surface area contributed by atoms with Crippen molar-refractivity contribution in [2.24, 2.45) is 5.92 Å². The maximum Gasteiger partial charge on any atom is 0.264 e. The van der Waals surface area contributed by atoms with Crippen LogP contribution in [-0.2, 0) is 22.4 Å². The molecule has 3 heterocycles. The molecule has 2 aliphatic heterocycles. The summed E-state index contributed by atoms with van der Waals surface area (Å²) in [5.41, 5.74) is 1.84. The summed E-state index contributed by atoms with van der Waals surface area (Å²) in [5, 5.41) is 2.99. The number of nitrogens with zero attached hydrogens (tertiary/aromatic N) is 1. The third kappa shape index (κ3) is 3.70. The zero-order valence-corrected chi connectivity index (χ0v) is 16.8. The van der Waals surface area contributed by atoms with Gasteiger partial charge < -0.3 is 24.4 Å². The summed E-state index contributed by atoms with van der Waals surface area (Å²) in [6.45, 7) is 2.68. The molecule has 1 atom stereocenters. The van der Waals surface area contributed by atoms with Gasteiger partial charge in [0.2, 0.25) is 12.7 Å². The van der Waals surface area contributed by atoms with E-state index >= 15 is 0 Å². The molecule has 29 heavy (non-hydrogen) atoms. The lowest BCUT2D eigenvalue weighted by Gasteiger charge is -2.26. The summed E-state index contributed by atoms with van der Waals surface area (Å²) in [7, 11) is 0. The van der Waals surface area contributed by atoms with Crippen molar-refractivity contribution in [2.45, 2.75) is 19.3 Å². The molecule has 1 N–H and O–H groups in total. The van der Waals surface area contributed by atoms with E-state index in [9.17, 15) is 9.59 Å². The van der Waals surface area contributed by atoms with Gasteiger partial charge in [0.05, 0.1) is 18.1 Å². The van der Waals surface area contributed by atoms with Gasteiger partial charge in [-0.25, -0.2) is 0 Å². The van der Waals surface area contributed by atoms with Gasteiger partial charge in [-0.1, -0.05) is 0 Å². The second-order valence-electron chi connectivity index (χ2n) is 7.46. The van der Waals surface area contributed by atoms with E-state index in [0.717, 1.165) is 23.3 Å². The van der Waals surface area contributed by atoms with Crippen molar-refractivity contribution < 1.29 is 23.8 Å². The van der Waals surface area contributed by atoms with Crippen LogP contribution in [0.1, 0.15) is 26.5 Å². The van der Waals surface area contributed by atoms with Gasteiger partial charge in [0.1, 0.15) is 0 Å². The number of nitrogens with one attached hydrogen (secondary N) is 1. The molecule has 0 radical (unpaired) electrons. The van der Waals surface area contributed by atoms with Gasteiger partial charge >= 0.3 is 0 Å². The van der Waals surface area contributed by atoms with Crippen molar-refractivity contribution in [1.82, 2.24) is 4.90 Å². The quantitative estimate of drug-likeness (QED) is 0.836. The summed E-state index contributed by atoms with van der Waals surface area (Å²) < 4.78 is 16.0. The Morgan fingerprint density at radius 2 is 1.93 bits per heavy atom. The Kier molecular flexibility index (Phi) is 4.89. The van der Waals surface area contributed by atoms with E-state index in [1.54, 1.807) is 23.5 Å². The number of morpholine rings is 1. The molecule has 0 spiro atoms. The molecular weight excluding hydrogens is 392 g/mol. The molecule has 152 valence electrons. The number of thiophene rings is 1. The number of anilines is 1. The van der Waals surface area contributed by atoms with E-state index < -0.39 is 0 Å². The van der Waals surface area contributed by atoms with Gasteiger partial charge in [0.15, 0.2) is 11.5 Å². The van der Waals surface area contributed by atoms with Crippen LogP contribution in [0.15, 0.2) is 24.3 Å². The molecule has 0 bridgehead atoms. The molecule has 2 aromatic rings. The van der Waals surface area contributed by atoms with Crippen LogP contribution in [-0.4, -0.2) is 49.8 Å². The van der Waals surface area contributed by atoms with Gasteiger partial charge in [-0.05, 0) is 43.0 Å². The van der Waals surface area contributed by atoms with Gasteiger partial charge in [0, 0.05) is 35.6 Å². The molecule has 1 aliphatic carbocycles. The Balaban J connectivity index is 1.25. The highest BCUT2D eigenvalue weighted by Crippen LogP contribution is 2.36. The zero-order valence-electron chi connectivity index (χ0n) is 15.9. The number of ether oxygens (including phenoxy) is 3. The van der Waals surface area contributed by atoms with Crippen molar-refractivity contribution in [3.05, 3.63) is 39.6 Å². The molecule has 1 aromatic carbocycles. The van der Waals surface area contributed by atoms with Crippen molar-refractivity contribution >= 4 is 28.8 Å². The Bertz CT molecular complexity index is 951. The summed E-state index contributed by atoms with van der Waals surface area (Å²) in [6, 6.07) is 7.40. The van der Waals surface area contributed by atoms with Gasteiger partial charge in [-0.15, -0.1) is 11.3 Å². The Labute approximate surface area is 172 Å². The van der Waals surface area contributed by atoms with Crippen LogP contribution in [0.5, 0.6) is 11.5 Å². The Morgan fingerprint density at radius 3 is 2.79 bits per heavy atom. The number of carbonyl (C=O) groups is 2. The molecule has 5 rings (SSSR count). The largest absolute Gasteiger partial charge is 0.454 e. The minimum Gasteiger partial charge on any atom is -0.454 e. The highest BCUT2D eigenvalue weighted by molar-refractivity contribution is 7.14. The van der Waals surface area contributed by atoms with Crippen LogP contribution < -0.4 is 14.8 Å². The minimum absolute atomic E-state index is 0.00164. The first-order valence-electron chi connectivity index (χ1n) is 9.86. The van der Waals surface area contributed by atoms with Crippen LogP contribution in [0.4, 0.5) is 5.69 Å². The number of benzene rings is 1. The second-order valence-corrected chi connectivity index (χ2v) is 8.60. The van der Waals surface area contributed by atoms with Crippen LogP contribution in [0.3, 0.4) is 0 Å². The van der Waals surface area contributed by atoms with Crippen molar-refractivity contribution in [2.75, 3.05) is 38.4 Å². The van der Waals surface area contributed by atoms with Crippen LogP contribution in [0, 0.1) is 5.92 Å². The van der Waals surface area contributed by atoms with Crippen LogP contribution in [0.25, 0.3) is 0 Å². The number of fused-ring (bicyclic) bond motifs is 2. The van der Waals surface area contributed by atoms with E-state index in [4.69, 9.17) is 14.2 Å². The number of hydrogen-bond donors (Lipinski definition) is 1. The summed E-state index contributed by atoms with van der Waals surface area (Å²) in [5.74, 6) is 1.32. The smallest absolute Gasteiger partial charge is 0.264 e. The van der Waals surface area contributed by atoms with Crippen molar-refractivity contribution in [3.8, 4) is 11.5 Å². The molecule has 7 nitrogen and oxygen atoms in total. The van der Waals surface area contributed by atoms with E-state index in [-0.39, 0.29) is 24.5 Å². The van der Waals surface area contributed by atoms with E-state index in [2.05, 4.69) is 5.32 Å². The fraction of sp³-hybridized carbons (Fsp3) is 0.429. The Hall–Kier alpha value is -2.58. The molecule has 0 saturated carbocycles. The van der Waals surface area contributed by atoms with Crippen LogP contribution in [0.2, 0.25) is 0 Å². The monoisotopic (exact) mass is 414 g/mol. The summed E-state index contributed by atoms with van der Waals surface area (Å²) >= 11 is 1.57. The average Bonchev–Trinajstić information content (AvgIpc) is 3.39. The maximum atomic E-state index is 12.8. The standard InChI is InChI=1S/C21H22N2O5S/c24-20(22-15-2-3-16-17(11-15)28-12-27-16)13-1-4-18-14(9-13)10-19(29-18)21(25)23-5-7-26-8-6-23/h2-3,10-11,13H,1,4-9,12H2,(H,22,24)/t13-/m1/s1. The first kappa shape index (κ1) is 18.4. The zero-order chi connectivity index (χ0) is 19.8. The van der Waals surface area contributed by atoms with E-state index in [1.807, 2.05) is 17.0 Å². The maximum absolute atomic E-state index is 12.8. The van der Waals surface area contributed by atoms with Gasteiger partial charge in [-0.2, -0.15) is 0 Å². The van der Waals surface area contributed by atoms with Gasteiger partial charge in [0.25, 0.3) is 5.91 Å². The molecule has 0 unspecified atom stereocenters. The SMILES string of the molecule is O=C(Nc1ccc2c(c1)OCO2)[C@@H]1CCc2sc(C(=O)N3CCOCC3)cc2C1. The number of carbonyl (C=O) groups excluding carboxylic acids is 2. The third-order valence-electron chi connectivity index (χ3n) is 5.60. The number of aryl methyl sites for hydroxylation is 1. The fourth-order valence-electron chi connectivity index (χ4n) is 3.99. The number of hydrogen-bond acceptors (Lipinski definition) is 6. The predicted octanol–water partition coefficient (Wildman–Crippen LogP) is 2.69. The molecule has 1 fully saturated rings. The second kappa shape index (κ2) is 7.68. The fourth-order valence-corrected chi connectivity index (χ4v) is 5.17. The van der Waals surface area contributed by atoms with Crippen molar-refractivity contribution in [3.63, 3.8) is 0 Å². The van der Waals surface area contributed by atoms with E-state index in [0.29, 0.717) is 49.9 Å². The molecule has 8 heteroatoms. The highest BCUT2D eigenvalue weighted by Gasteiger charge is 2.29. The molecule has 1 aromatic heterocycles. The predicted molar refractivity (Wildman–Crippen MR) is 108 cm³/mol. The molecule has 3 aliphatic rings. The topological polar surface area (TPSA) is 77.1 Å². The lowest BCUT2D eigenvalue weighted by molar-refractivity contribution is -0.120. The average molecular weight is 414 g/mol. The van der Waals surface area contributed by atoms with Crippen molar-refractivity contribution in [1.29, 1.82) is 0 Å². The highest BCUT2D eigenvalue weighted by atomic mass is 32.1. The first-order chi connectivity index (χ1) is 14.2. The summed E-state index contributed by atoms with van der Waals surface area (Å²) in [4.78, 5) is 29.4. The van der Waals surface area contributed by atoms with Gasteiger partial charge in [-0.3, -0.25) is 9.59 Å². The number of amides is 2.